The van der Waals surface area contributed by atoms with Gasteiger partial charge in [0, 0.05) is 27.4 Å². The zero-order valence-electron chi connectivity index (χ0n) is 16.4. The summed E-state index contributed by atoms with van der Waals surface area (Å²) in [6, 6.07) is 24.0. The molecule has 30 heavy (non-hydrogen) atoms. The summed E-state index contributed by atoms with van der Waals surface area (Å²) in [6.07, 6.45) is 1.90. The third-order valence-electron chi connectivity index (χ3n) is 4.80. The molecule has 0 fully saturated rings. The van der Waals surface area contributed by atoms with Gasteiger partial charge in [0.15, 0.2) is 0 Å². The van der Waals surface area contributed by atoms with E-state index >= 15 is 0 Å². The van der Waals surface area contributed by atoms with Crippen molar-refractivity contribution >= 4 is 22.7 Å². The molecule has 1 heterocycles. The number of H-pyrrole nitrogens is 1. The van der Waals surface area contributed by atoms with Gasteiger partial charge in [0.2, 0.25) is 5.56 Å². The molecular weight excluding hydrogens is 397 g/mol. The number of unbranched alkanes of at least 4 members (excludes halogenated alkanes) is 1. The number of thioether (sulfide) groups is 1. The van der Waals surface area contributed by atoms with Gasteiger partial charge in [-0.1, -0.05) is 36.4 Å². The molecule has 0 aliphatic heterocycles. The molecule has 0 amide bonds. The van der Waals surface area contributed by atoms with Gasteiger partial charge in [0.05, 0.1) is 6.61 Å². The number of fused-ring (bicyclic) bond motifs is 1. The van der Waals surface area contributed by atoms with E-state index in [9.17, 15) is 9.18 Å². The van der Waals surface area contributed by atoms with Gasteiger partial charge < -0.3 is 9.72 Å². The molecule has 0 radical (unpaired) electrons. The Morgan fingerprint density at radius 2 is 1.77 bits per heavy atom. The van der Waals surface area contributed by atoms with E-state index < -0.39 is 0 Å². The average molecular weight is 420 g/mol. The van der Waals surface area contributed by atoms with Crippen LogP contribution in [0.3, 0.4) is 0 Å². The molecule has 0 bridgehead atoms. The summed E-state index contributed by atoms with van der Waals surface area (Å²) in [5, 5.41) is 0.948. The van der Waals surface area contributed by atoms with Crippen molar-refractivity contribution in [1.82, 2.24) is 4.98 Å². The Morgan fingerprint density at radius 1 is 0.900 bits per heavy atom. The molecule has 1 N–H and O–H groups in total. The van der Waals surface area contributed by atoms with Crippen molar-refractivity contribution in [1.29, 1.82) is 0 Å². The Hall–Kier alpha value is -3.05. The largest absolute Gasteiger partial charge is 0.494 e. The Kier molecular flexibility index (Phi) is 6.50. The highest BCUT2D eigenvalue weighted by molar-refractivity contribution is 7.99. The number of hydrogen-bond acceptors (Lipinski definition) is 3. The number of pyridine rings is 1. The van der Waals surface area contributed by atoms with Gasteiger partial charge in [0.25, 0.3) is 0 Å². The van der Waals surface area contributed by atoms with Gasteiger partial charge >= 0.3 is 0 Å². The summed E-state index contributed by atoms with van der Waals surface area (Å²) in [5.41, 5.74) is 2.22. The van der Waals surface area contributed by atoms with Crippen LogP contribution in [0.5, 0.6) is 5.75 Å². The van der Waals surface area contributed by atoms with E-state index in [1.165, 1.54) is 6.07 Å². The molecule has 4 rings (SSSR count). The second kappa shape index (κ2) is 9.63. The molecular formula is C25H22FNO2S. The standard InChI is InChI=1S/C25H22FNO2S/c26-23-17-21(10-11-22(23)18-6-2-1-3-7-18)30-15-5-4-14-29-20-9-12-24-19(16-20)8-13-25(28)27-24/h1-3,6-13,16-17H,4-5,14-15H2,(H,27,28). The van der Waals surface area contributed by atoms with Crippen molar-refractivity contribution < 1.29 is 9.13 Å². The third kappa shape index (κ3) is 5.10. The van der Waals surface area contributed by atoms with Crippen molar-refractivity contribution in [3.63, 3.8) is 0 Å². The minimum atomic E-state index is -0.188. The minimum Gasteiger partial charge on any atom is -0.494 e. The lowest BCUT2D eigenvalue weighted by atomic mass is 10.1. The van der Waals surface area contributed by atoms with Gasteiger partial charge in [-0.2, -0.15) is 0 Å². The normalized spacial score (nSPS) is 11.0. The van der Waals surface area contributed by atoms with Crippen LogP contribution < -0.4 is 10.3 Å². The van der Waals surface area contributed by atoms with Crippen LogP contribution in [-0.2, 0) is 0 Å². The van der Waals surface area contributed by atoms with Crippen LogP contribution in [0.4, 0.5) is 4.39 Å². The molecule has 0 atom stereocenters. The van der Waals surface area contributed by atoms with Crippen molar-refractivity contribution in [3.8, 4) is 16.9 Å². The molecule has 0 saturated carbocycles. The van der Waals surface area contributed by atoms with Crippen LogP contribution in [0, 0.1) is 5.82 Å². The predicted molar refractivity (Wildman–Crippen MR) is 122 cm³/mol. The summed E-state index contributed by atoms with van der Waals surface area (Å²) in [7, 11) is 0. The number of aromatic amines is 1. The number of halogens is 1. The van der Waals surface area contributed by atoms with E-state index in [2.05, 4.69) is 4.98 Å². The van der Waals surface area contributed by atoms with Gasteiger partial charge in [-0.05, 0) is 60.6 Å². The molecule has 0 aliphatic rings. The molecule has 3 aromatic carbocycles. The quantitative estimate of drug-likeness (QED) is 0.270. The van der Waals surface area contributed by atoms with Crippen LogP contribution in [0.25, 0.3) is 22.0 Å². The van der Waals surface area contributed by atoms with E-state index in [1.54, 1.807) is 23.9 Å². The molecule has 1 aromatic heterocycles. The van der Waals surface area contributed by atoms with Crippen molar-refractivity contribution in [2.24, 2.45) is 0 Å². The zero-order chi connectivity index (χ0) is 20.8. The molecule has 3 nitrogen and oxygen atoms in total. The summed E-state index contributed by atoms with van der Waals surface area (Å²) in [5.74, 6) is 1.51. The number of aromatic nitrogens is 1. The molecule has 4 aromatic rings. The molecule has 0 aliphatic carbocycles. The van der Waals surface area contributed by atoms with Gasteiger partial charge in [-0.15, -0.1) is 11.8 Å². The van der Waals surface area contributed by atoms with Crippen LogP contribution in [0.15, 0.2) is 88.6 Å². The molecule has 0 spiro atoms. The van der Waals surface area contributed by atoms with E-state index in [0.29, 0.717) is 12.2 Å². The second-order valence-corrected chi connectivity index (χ2v) is 8.15. The first kappa shape index (κ1) is 20.2. The number of benzene rings is 3. The Morgan fingerprint density at radius 3 is 2.60 bits per heavy atom. The summed E-state index contributed by atoms with van der Waals surface area (Å²) in [4.78, 5) is 15.1. The maximum Gasteiger partial charge on any atom is 0.248 e. The van der Waals surface area contributed by atoms with Gasteiger partial charge in [0.1, 0.15) is 11.6 Å². The van der Waals surface area contributed by atoms with Crippen molar-refractivity contribution in [2.45, 2.75) is 17.7 Å². The van der Waals surface area contributed by atoms with Crippen LogP contribution in [0.1, 0.15) is 12.8 Å². The number of hydrogen-bond donors (Lipinski definition) is 1. The van der Waals surface area contributed by atoms with Crippen LogP contribution in [-0.4, -0.2) is 17.3 Å². The summed E-state index contributed by atoms with van der Waals surface area (Å²) in [6.45, 7) is 0.622. The first-order valence-electron chi connectivity index (χ1n) is 9.93. The van der Waals surface area contributed by atoms with Crippen molar-refractivity contribution in [3.05, 3.63) is 95.0 Å². The highest BCUT2D eigenvalue weighted by Gasteiger charge is 2.06. The zero-order valence-corrected chi connectivity index (χ0v) is 17.3. The predicted octanol–water partition coefficient (Wildman–Crippen LogP) is 6.29. The Balaban J connectivity index is 1.22. The maximum atomic E-state index is 14.4. The number of nitrogens with one attached hydrogen (secondary N) is 1. The topological polar surface area (TPSA) is 42.1 Å². The highest BCUT2D eigenvalue weighted by atomic mass is 32.2. The number of ether oxygens (including phenoxy) is 1. The van der Waals surface area contributed by atoms with Crippen LogP contribution >= 0.6 is 11.8 Å². The SMILES string of the molecule is O=c1ccc2cc(OCCCCSc3ccc(-c4ccccc4)c(F)c3)ccc2[nH]1. The smallest absolute Gasteiger partial charge is 0.248 e. The summed E-state index contributed by atoms with van der Waals surface area (Å²) >= 11 is 1.66. The number of rotatable bonds is 8. The Bertz CT molecular complexity index is 1190. The molecule has 5 heteroatoms. The van der Waals surface area contributed by atoms with Gasteiger partial charge in [-0.3, -0.25) is 4.79 Å². The lowest BCUT2D eigenvalue weighted by Gasteiger charge is -2.08. The van der Waals surface area contributed by atoms with Crippen molar-refractivity contribution in [2.75, 3.05) is 12.4 Å². The molecule has 0 unspecified atom stereocenters. The second-order valence-electron chi connectivity index (χ2n) is 6.98. The third-order valence-corrected chi connectivity index (χ3v) is 5.88. The maximum absolute atomic E-state index is 14.4. The molecule has 0 saturated heterocycles. The Labute approximate surface area is 178 Å². The molecule has 152 valence electrons. The first-order valence-corrected chi connectivity index (χ1v) is 10.9. The van der Waals surface area contributed by atoms with Crippen LogP contribution in [0.2, 0.25) is 0 Å². The first-order chi connectivity index (χ1) is 14.7. The van der Waals surface area contributed by atoms with E-state index in [-0.39, 0.29) is 11.4 Å². The fourth-order valence-corrected chi connectivity index (χ4v) is 4.18. The fourth-order valence-electron chi connectivity index (χ4n) is 3.24. The summed E-state index contributed by atoms with van der Waals surface area (Å²) < 4.78 is 20.3. The fraction of sp³-hybridized carbons (Fsp3) is 0.160. The van der Waals surface area contributed by atoms with Gasteiger partial charge in [-0.25, -0.2) is 4.39 Å². The lowest BCUT2D eigenvalue weighted by molar-refractivity contribution is 0.310. The van der Waals surface area contributed by atoms with E-state index in [4.69, 9.17) is 4.74 Å². The highest BCUT2D eigenvalue weighted by Crippen LogP contribution is 2.28. The minimum absolute atomic E-state index is 0.108. The van der Waals surface area contributed by atoms with E-state index in [1.807, 2.05) is 60.7 Å². The van der Waals surface area contributed by atoms with E-state index in [0.717, 1.165) is 45.7 Å². The average Bonchev–Trinajstić information content (AvgIpc) is 2.77. The lowest BCUT2D eigenvalue weighted by Crippen LogP contribution is -2.02. The monoisotopic (exact) mass is 419 g/mol.